The second kappa shape index (κ2) is 12.6. The molecule has 1 aliphatic carbocycles. The molecule has 1 aliphatic heterocycles. The minimum atomic E-state index is -0.740. The van der Waals surface area contributed by atoms with Gasteiger partial charge in [0.15, 0.2) is 5.96 Å². The molecule has 1 fully saturated rings. The monoisotopic (exact) mass is 571 g/mol. The van der Waals surface area contributed by atoms with E-state index in [1.54, 1.807) is 6.26 Å². The molecule has 2 heterocycles. The smallest absolute Gasteiger partial charge is 0.191 e. The number of halogens is 1. The van der Waals surface area contributed by atoms with Gasteiger partial charge in [-0.15, -0.1) is 24.0 Å². The number of aliphatic imine (C=N–C) groups is 1. The number of nitrogens with zero attached hydrogens (tertiary/aromatic N) is 1. The molecule has 2 aliphatic rings. The number of guanidine groups is 1. The molecule has 8 heteroatoms. The van der Waals surface area contributed by atoms with Gasteiger partial charge >= 0.3 is 0 Å². The lowest BCUT2D eigenvalue weighted by Crippen LogP contribution is -2.48. The number of para-hydroxylation sites is 1. The van der Waals surface area contributed by atoms with Crippen molar-refractivity contribution >= 4 is 40.7 Å². The Morgan fingerprint density at radius 2 is 2.03 bits per heavy atom. The maximum Gasteiger partial charge on any atom is 0.191 e. The van der Waals surface area contributed by atoms with E-state index in [9.17, 15) is 4.21 Å². The van der Waals surface area contributed by atoms with E-state index in [4.69, 9.17) is 14.1 Å². The van der Waals surface area contributed by atoms with Crippen molar-refractivity contribution in [2.75, 3.05) is 18.9 Å². The first-order chi connectivity index (χ1) is 15.2. The van der Waals surface area contributed by atoms with E-state index in [0.717, 1.165) is 61.7 Å². The largest absolute Gasteiger partial charge is 0.493 e. The zero-order chi connectivity index (χ0) is 21.5. The van der Waals surface area contributed by atoms with E-state index in [-0.39, 0.29) is 35.3 Å². The van der Waals surface area contributed by atoms with Gasteiger partial charge in [0, 0.05) is 52.8 Å². The fourth-order valence-electron chi connectivity index (χ4n) is 4.47. The van der Waals surface area contributed by atoms with Gasteiger partial charge in [0.1, 0.15) is 11.5 Å². The average Bonchev–Trinajstić information content (AvgIpc) is 3.32. The van der Waals surface area contributed by atoms with Crippen LogP contribution in [0.15, 0.2) is 52.1 Å². The first-order valence-corrected chi connectivity index (χ1v) is 12.8. The minimum absolute atomic E-state index is 0. The molecule has 2 N–H and O–H groups in total. The highest BCUT2D eigenvalue weighted by molar-refractivity contribution is 14.0. The molecule has 1 saturated carbocycles. The number of fused-ring (bicyclic) bond motifs is 1. The molecule has 0 amide bonds. The molecule has 176 valence electrons. The molecule has 0 radical (unpaired) electrons. The lowest BCUT2D eigenvalue weighted by Gasteiger charge is -2.32. The molecular weight excluding hydrogens is 537 g/mol. The molecule has 4 atom stereocenters. The Morgan fingerprint density at radius 3 is 2.84 bits per heavy atom. The maximum absolute atomic E-state index is 12.4. The quantitative estimate of drug-likeness (QED) is 0.289. The van der Waals surface area contributed by atoms with Crippen LogP contribution in [-0.2, 0) is 17.2 Å². The summed E-state index contributed by atoms with van der Waals surface area (Å²) in [5, 5.41) is 7.59. The summed E-state index contributed by atoms with van der Waals surface area (Å²) in [4.78, 5) is 4.87. The van der Waals surface area contributed by atoms with Crippen LogP contribution in [0.3, 0.4) is 0 Å². The van der Waals surface area contributed by atoms with E-state index in [2.05, 4.69) is 22.8 Å². The van der Waals surface area contributed by atoms with E-state index in [1.807, 2.05) is 31.2 Å². The van der Waals surface area contributed by atoms with Crippen LogP contribution in [-0.4, -0.2) is 40.4 Å². The molecule has 1 aromatic heterocycles. The van der Waals surface area contributed by atoms with E-state index in [0.29, 0.717) is 19.2 Å². The first-order valence-electron chi connectivity index (χ1n) is 11.4. The maximum atomic E-state index is 12.4. The molecule has 1 aromatic carbocycles. The van der Waals surface area contributed by atoms with Gasteiger partial charge in [0.05, 0.1) is 18.9 Å². The van der Waals surface area contributed by atoms with E-state index < -0.39 is 10.8 Å². The summed E-state index contributed by atoms with van der Waals surface area (Å²) in [6.45, 7) is 3.35. The van der Waals surface area contributed by atoms with E-state index in [1.165, 1.54) is 5.56 Å². The number of benzene rings is 1. The predicted octanol–water partition coefficient (Wildman–Crippen LogP) is 4.58. The predicted molar refractivity (Wildman–Crippen MR) is 140 cm³/mol. The summed E-state index contributed by atoms with van der Waals surface area (Å²) >= 11 is 0. The Hall–Kier alpha value is -1.55. The highest BCUT2D eigenvalue weighted by Crippen LogP contribution is 2.31. The van der Waals surface area contributed by atoms with Crippen molar-refractivity contribution in [2.45, 2.75) is 62.8 Å². The van der Waals surface area contributed by atoms with Crippen LogP contribution in [0.1, 0.15) is 56.4 Å². The molecule has 4 unspecified atom stereocenters. The molecule has 4 rings (SSSR count). The van der Waals surface area contributed by atoms with Crippen molar-refractivity contribution < 1.29 is 13.4 Å². The van der Waals surface area contributed by atoms with Crippen molar-refractivity contribution in [2.24, 2.45) is 4.99 Å². The van der Waals surface area contributed by atoms with Gasteiger partial charge in [-0.1, -0.05) is 31.5 Å². The van der Waals surface area contributed by atoms with Gasteiger partial charge in [-0.25, -0.2) is 0 Å². The molecule has 0 spiro atoms. The lowest BCUT2D eigenvalue weighted by molar-refractivity contribution is 0.261. The molecule has 2 aromatic rings. The summed E-state index contributed by atoms with van der Waals surface area (Å²) in [6, 6.07) is 12.5. The Labute approximate surface area is 210 Å². The lowest BCUT2D eigenvalue weighted by atomic mass is 9.95. The second-order valence-corrected chi connectivity index (χ2v) is 10.2. The van der Waals surface area contributed by atoms with Crippen LogP contribution in [0.4, 0.5) is 0 Å². The summed E-state index contributed by atoms with van der Waals surface area (Å²) in [7, 11) is -0.740. The molecule has 32 heavy (non-hydrogen) atoms. The summed E-state index contributed by atoms with van der Waals surface area (Å²) in [6.07, 6.45) is 7.54. The van der Waals surface area contributed by atoms with Gasteiger partial charge in [0.2, 0.25) is 0 Å². The van der Waals surface area contributed by atoms with Crippen molar-refractivity contribution in [3.63, 3.8) is 0 Å². The Morgan fingerprint density at radius 1 is 1.16 bits per heavy atom. The van der Waals surface area contributed by atoms with Gasteiger partial charge in [-0.2, -0.15) is 0 Å². The standard InChI is InChI=1S/C24H33N3O3S.HI/c1-2-31(28)20-9-5-7-18(17-20)26-24(25-14-12-19-8-6-15-29-19)27-22-13-16-30-23-11-4-3-10-21(22)23;/h3-4,6,8,10-11,15,18,20,22H,2,5,7,9,12-14,16-17H2,1H3,(H2,25,26,27);1H. The zero-order valence-electron chi connectivity index (χ0n) is 18.6. The molecule has 0 bridgehead atoms. The van der Waals surface area contributed by atoms with Gasteiger partial charge in [0.25, 0.3) is 0 Å². The van der Waals surface area contributed by atoms with Crippen molar-refractivity contribution in [3.05, 3.63) is 54.0 Å². The van der Waals surface area contributed by atoms with Crippen LogP contribution >= 0.6 is 24.0 Å². The highest BCUT2D eigenvalue weighted by Gasteiger charge is 2.27. The number of hydrogen-bond acceptors (Lipinski definition) is 4. The van der Waals surface area contributed by atoms with Crippen molar-refractivity contribution in [1.29, 1.82) is 0 Å². The summed E-state index contributed by atoms with van der Waals surface area (Å²) in [5.74, 6) is 3.44. The van der Waals surface area contributed by atoms with Gasteiger partial charge in [-0.3, -0.25) is 9.20 Å². The number of rotatable bonds is 7. The topological polar surface area (TPSA) is 75.9 Å². The van der Waals surface area contributed by atoms with E-state index >= 15 is 0 Å². The van der Waals surface area contributed by atoms with Crippen LogP contribution in [0.2, 0.25) is 0 Å². The molecular formula is C24H34IN3O3S. The number of furan rings is 1. The number of nitrogens with one attached hydrogen (secondary N) is 2. The highest BCUT2D eigenvalue weighted by atomic mass is 127. The Kier molecular flexibility index (Phi) is 9.90. The third kappa shape index (κ3) is 6.73. The van der Waals surface area contributed by atoms with Crippen LogP contribution in [0.5, 0.6) is 5.75 Å². The second-order valence-electron chi connectivity index (χ2n) is 8.23. The number of hydrogen-bond donors (Lipinski definition) is 2. The van der Waals surface area contributed by atoms with Gasteiger partial charge in [-0.05, 0) is 37.5 Å². The Bertz CT molecular complexity index is 890. The third-order valence-electron chi connectivity index (χ3n) is 6.10. The van der Waals surface area contributed by atoms with Crippen LogP contribution < -0.4 is 15.4 Å². The van der Waals surface area contributed by atoms with Gasteiger partial charge < -0.3 is 19.8 Å². The van der Waals surface area contributed by atoms with Crippen LogP contribution in [0.25, 0.3) is 0 Å². The first kappa shape index (κ1) is 25.1. The number of ether oxygens (including phenoxy) is 1. The normalized spacial score (nSPS) is 23.9. The van der Waals surface area contributed by atoms with Crippen molar-refractivity contribution in [1.82, 2.24) is 10.6 Å². The SMILES string of the molecule is CCS(=O)C1CCCC(NC(=NCCc2ccco2)NC2CCOc3ccccc32)C1.I. The fourth-order valence-corrected chi connectivity index (χ4v) is 5.81. The summed E-state index contributed by atoms with van der Waals surface area (Å²) < 4.78 is 23.6. The average molecular weight is 572 g/mol. The fraction of sp³-hybridized carbons (Fsp3) is 0.542. The zero-order valence-corrected chi connectivity index (χ0v) is 21.8. The molecule has 6 nitrogen and oxygen atoms in total. The Balaban J connectivity index is 0.00000289. The van der Waals surface area contributed by atoms with Crippen LogP contribution in [0, 0.1) is 0 Å². The third-order valence-corrected chi connectivity index (χ3v) is 7.84. The summed E-state index contributed by atoms with van der Waals surface area (Å²) in [5.41, 5.74) is 1.17. The van der Waals surface area contributed by atoms with Crippen molar-refractivity contribution in [3.8, 4) is 5.75 Å². The minimum Gasteiger partial charge on any atom is -0.493 e. The molecule has 0 saturated heterocycles.